The van der Waals surface area contributed by atoms with Gasteiger partial charge in [-0.25, -0.2) is 4.98 Å². The molecule has 0 bridgehead atoms. The fraction of sp³-hybridized carbons (Fsp3) is 0. The predicted molar refractivity (Wildman–Crippen MR) is 230 cm³/mol. The van der Waals surface area contributed by atoms with Crippen molar-refractivity contribution >= 4 is 115 Å². The molecular formula is C50H27N5O. The summed E-state index contributed by atoms with van der Waals surface area (Å²) < 4.78 is 13.7. The Morgan fingerprint density at radius 3 is 1.73 bits per heavy atom. The van der Waals surface area contributed by atoms with Gasteiger partial charge >= 0.3 is 0 Å². The molecule has 6 heterocycles. The first-order chi connectivity index (χ1) is 27.8. The maximum absolute atomic E-state index is 6.71. The summed E-state index contributed by atoms with van der Waals surface area (Å²) in [6.45, 7) is 0. The van der Waals surface area contributed by atoms with Crippen molar-refractivity contribution in [1.82, 2.24) is 23.5 Å². The molecule has 0 aliphatic carbocycles. The number of benzene rings is 8. The third kappa shape index (κ3) is 3.39. The molecule has 0 unspecified atom stereocenters. The van der Waals surface area contributed by atoms with Crippen LogP contribution in [0.1, 0.15) is 0 Å². The summed E-state index contributed by atoms with van der Waals surface area (Å²) in [6.07, 6.45) is 0. The van der Waals surface area contributed by atoms with Gasteiger partial charge in [-0.3, -0.25) is 9.13 Å². The fourth-order valence-corrected chi connectivity index (χ4v) is 9.95. The highest BCUT2D eigenvalue weighted by atomic mass is 16.3. The van der Waals surface area contributed by atoms with E-state index in [4.69, 9.17) is 14.4 Å². The molecule has 6 nitrogen and oxygen atoms in total. The highest BCUT2D eigenvalue weighted by Gasteiger charge is 2.27. The SMILES string of the molecule is c1ccc2c(c1)ccc1c3cc4c(c5ccccc5n4-c4nc(-n5c6ccccc6c6ccccc65)c5oc6ccccc6c5n4)c4c5ccccc5n(c21)c34. The van der Waals surface area contributed by atoms with Crippen LogP contribution >= 0.6 is 0 Å². The van der Waals surface area contributed by atoms with Crippen LogP contribution in [0.5, 0.6) is 0 Å². The van der Waals surface area contributed by atoms with Gasteiger partial charge in [0.15, 0.2) is 11.4 Å². The van der Waals surface area contributed by atoms with Crippen molar-refractivity contribution in [3.8, 4) is 11.8 Å². The molecule has 14 aromatic rings. The minimum Gasteiger partial charge on any atom is -0.450 e. The van der Waals surface area contributed by atoms with Gasteiger partial charge in [-0.1, -0.05) is 121 Å². The monoisotopic (exact) mass is 713 g/mol. The standard InChI is InChI=1S/C50H27N5O/c1-2-14-29-28(13-1)25-26-32-36-27-41-43(44-34-18-6-11-23-40(34)55(46(29)32)47(36)44)33-17-5-10-22-39(33)54(41)50-51-45-35-19-7-12-24-42(35)56-48(45)49(52-50)53-37-20-8-3-15-30(37)31-16-4-9-21-38(31)53/h1-27H. The van der Waals surface area contributed by atoms with E-state index in [2.05, 4.69) is 165 Å². The Morgan fingerprint density at radius 1 is 0.393 bits per heavy atom. The number of furan rings is 1. The van der Waals surface area contributed by atoms with Crippen molar-refractivity contribution in [3.63, 3.8) is 0 Å². The van der Waals surface area contributed by atoms with Crippen LogP contribution in [0.25, 0.3) is 126 Å². The molecule has 0 spiro atoms. The number of hydrogen-bond acceptors (Lipinski definition) is 3. The van der Waals surface area contributed by atoms with Gasteiger partial charge in [-0.2, -0.15) is 4.98 Å². The first kappa shape index (κ1) is 28.8. The lowest BCUT2D eigenvalue weighted by molar-refractivity contribution is 0.661. The molecule has 0 atom stereocenters. The Bertz CT molecular complexity index is 3960. The number of aromatic nitrogens is 5. The second-order valence-corrected chi connectivity index (χ2v) is 14.9. The van der Waals surface area contributed by atoms with E-state index in [1.165, 1.54) is 54.3 Å². The van der Waals surface area contributed by atoms with E-state index in [0.717, 1.165) is 54.7 Å². The summed E-state index contributed by atoms with van der Waals surface area (Å²) in [6, 6.07) is 58.5. The van der Waals surface area contributed by atoms with Crippen LogP contribution in [-0.2, 0) is 0 Å². The largest absolute Gasteiger partial charge is 0.450 e. The zero-order valence-corrected chi connectivity index (χ0v) is 29.7. The van der Waals surface area contributed by atoms with Gasteiger partial charge in [0.25, 0.3) is 0 Å². The van der Waals surface area contributed by atoms with Crippen LogP contribution in [0.2, 0.25) is 0 Å². The van der Waals surface area contributed by atoms with Crippen molar-refractivity contribution < 1.29 is 4.42 Å². The van der Waals surface area contributed by atoms with Crippen LogP contribution < -0.4 is 0 Å². The average molecular weight is 714 g/mol. The highest BCUT2D eigenvalue weighted by molar-refractivity contribution is 6.37. The van der Waals surface area contributed by atoms with Crippen LogP contribution in [-0.4, -0.2) is 23.5 Å². The average Bonchev–Trinajstić information content (AvgIpc) is 4.05. The minimum atomic E-state index is 0.596. The number of nitrogens with zero attached hydrogens (tertiary/aromatic N) is 5. The lowest BCUT2D eigenvalue weighted by Crippen LogP contribution is -2.06. The molecule has 0 aliphatic heterocycles. The van der Waals surface area contributed by atoms with Gasteiger partial charge < -0.3 is 8.82 Å². The van der Waals surface area contributed by atoms with Crippen molar-refractivity contribution in [1.29, 1.82) is 0 Å². The zero-order chi connectivity index (χ0) is 36.2. The molecule has 8 aromatic carbocycles. The molecule has 0 N–H and O–H groups in total. The van der Waals surface area contributed by atoms with Gasteiger partial charge in [-0.05, 0) is 47.9 Å². The smallest absolute Gasteiger partial charge is 0.237 e. The molecule has 0 saturated carbocycles. The van der Waals surface area contributed by atoms with Gasteiger partial charge in [0.05, 0.1) is 38.6 Å². The molecule has 0 fully saturated rings. The van der Waals surface area contributed by atoms with E-state index < -0.39 is 0 Å². The Hall–Kier alpha value is -7.70. The molecule has 0 saturated heterocycles. The molecule has 6 aromatic heterocycles. The Morgan fingerprint density at radius 2 is 0.982 bits per heavy atom. The number of hydrogen-bond donors (Lipinski definition) is 0. The molecule has 0 amide bonds. The van der Waals surface area contributed by atoms with Crippen molar-refractivity contribution in [2.75, 3.05) is 0 Å². The molecular weight excluding hydrogens is 687 g/mol. The van der Waals surface area contributed by atoms with Crippen LogP contribution in [0, 0.1) is 0 Å². The highest BCUT2D eigenvalue weighted by Crippen LogP contribution is 2.48. The van der Waals surface area contributed by atoms with Crippen LogP contribution in [0.3, 0.4) is 0 Å². The van der Waals surface area contributed by atoms with Gasteiger partial charge in [0.2, 0.25) is 5.95 Å². The summed E-state index contributed by atoms with van der Waals surface area (Å²) in [5.74, 6) is 1.31. The second-order valence-electron chi connectivity index (χ2n) is 14.9. The normalized spacial score (nSPS) is 12.6. The first-order valence-electron chi connectivity index (χ1n) is 19.0. The summed E-state index contributed by atoms with van der Waals surface area (Å²) in [5.41, 5.74) is 10.2. The lowest BCUT2D eigenvalue weighted by atomic mass is 10.0. The maximum Gasteiger partial charge on any atom is 0.237 e. The Labute approximate surface area is 317 Å². The predicted octanol–water partition coefficient (Wildman–Crippen LogP) is 12.9. The second kappa shape index (κ2) is 10.1. The van der Waals surface area contributed by atoms with E-state index in [1.54, 1.807) is 0 Å². The zero-order valence-electron chi connectivity index (χ0n) is 29.7. The third-order valence-electron chi connectivity index (χ3n) is 12.2. The number of fused-ring (bicyclic) bond motifs is 18. The van der Waals surface area contributed by atoms with Crippen molar-refractivity contribution in [2.24, 2.45) is 0 Å². The third-order valence-corrected chi connectivity index (χ3v) is 12.2. The Balaban J connectivity index is 1.21. The topological polar surface area (TPSA) is 53.2 Å². The minimum absolute atomic E-state index is 0.596. The van der Waals surface area contributed by atoms with Crippen molar-refractivity contribution in [2.45, 2.75) is 0 Å². The molecule has 14 rings (SSSR count). The van der Waals surface area contributed by atoms with Gasteiger partial charge in [0.1, 0.15) is 11.1 Å². The number of rotatable bonds is 2. The summed E-state index contributed by atoms with van der Waals surface area (Å²) in [5, 5.41) is 13.1. The molecule has 56 heavy (non-hydrogen) atoms. The van der Waals surface area contributed by atoms with E-state index in [-0.39, 0.29) is 0 Å². The van der Waals surface area contributed by atoms with Crippen molar-refractivity contribution in [3.05, 3.63) is 164 Å². The van der Waals surface area contributed by atoms with Gasteiger partial charge in [-0.15, -0.1) is 0 Å². The summed E-state index contributed by atoms with van der Waals surface area (Å²) in [7, 11) is 0. The molecule has 258 valence electrons. The molecule has 0 radical (unpaired) electrons. The van der Waals surface area contributed by atoms with E-state index >= 15 is 0 Å². The first-order valence-corrected chi connectivity index (χ1v) is 19.0. The number of para-hydroxylation sites is 5. The molecule has 6 heteroatoms. The lowest BCUT2D eigenvalue weighted by Gasteiger charge is -2.12. The Kier molecular flexibility index (Phi) is 5.18. The maximum atomic E-state index is 6.71. The fourth-order valence-electron chi connectivity index (χ4n) is 9.95. The van der Waals surface area contributed by atoms with Crippen LogP contribution in [0.4, 0.5) is 0 Å². The van der Waals surface area contributed by atoms with Gasteiger partial charge in [0, 0.05) is 53.9 Å². The van der Waals surface area contributed by atoms with Crippen LogP contribution in [0.15, 0.2) is 168 Å². The summed E-state index contributed by atoms with van der Waals surface area (Å²) >= 11 is 0. The van der Waals surface area contributed by atoms with E-state index in [1.807, 2.05) is 12.1 Å². The summed E-state index contributed by atoms with van der Waals surface area (Å²) in [4.78, 5) is 11.0. The molecule has 0 aliphatic rings. The quantitative estimate of drug-likeness (QED) is 0.179. The van der Waals surface area contributed by atoms with E-state index in [9.17, 15) is 0 Å². The van der Waals surface area contributed by atoms with E-state index in [0.29, 0.717) is 17.3 Å².